The summed E-state index contributed by atoms with van der Waals surface area (Å²) in [6, 6.07) is 1.86. The van der Waals surface area contributed by atoms with Crippen molar-refractivity contribution in [3.63, 3.8) is 0 Å². The molecule has 20 heteroatoms. The van der Waals surface area contributed by atoms with Crippen LogP contribution in [-0.4, -0.2) is 101 Å². The van der Waals surface area contributed by atoms with Gasteiger partial charge >= 0.3 is 59.7 Å². The van der Waals surface area contributed by atoms with Crippen molar-refractivity contribution >= 4 is 41.9 Å². The average Bonchev–Trinajstić information content (AvgIpc) is 3.30. The molecule has 2 atom stereocenters. The number of urea groups is 4. The molecule has 8 N–H and O–H groups in total. The van der Waals surface area contributed by atoms with E-state index in [1.54, 1.807) is 0 Å². The van der Waals surface area contributed by atoms with E-state index in [0.717, 1.165) is 0 Å². The van der Waals surface area contributed by atoms with Crippen LogP contribution < -0.4 is 66.6 Å². The summed E-state index contributed by atoms with van der Waals surface area (Å²) >= 11 is 0. The first-order valence-corrected chi connectivity index (χ1v) is 10.4. The van der Waals surface area contributed by atoms with Crippen LogP contribution in [0.2, 0.25) is 0 Å². The molecule has 39 heavy (non-hydrogen) atoms. The van der Waals surface area contributed by atoms with E-state index in [2.05, 4.69) is 26.0 Å². The maximum Gasteiger partial charge on any atom is 1.00 e. The summed E-state index contributed by atoms with van der Waals surface area (Å²) in [4.78, 5) is 81.0. The number of methoxy groups -OCH3 is 1. The Morgan fingerprint density at radius 2 is 1.28 bits per heavy atom. The molecule has 0 saturated carbocycles. The van der Waals surface area contributed by atoms with E-state index >= 15 is 0 Å². The fourth-order valence-electron chi connectivity index (χ4n) is 2.85. The number of hydrogen-bond donors (Lipinski definition) is 8. The Labute approximate surface area is 241 Å². The van der Waals surface area contributed by atoms with Gasteiger partial charge in [0.15, 0.2) is 12.3 Å². The molecule has 1 aromatic carbocycles. The van der Waals surface area contributed by atoms with Crippen LogP contribution in [0.1, 0.15) is 10.4 Å². The first kappa shape index (κ1) is 32.9. The van der Waals surface area contributed by atoms with Crippen LogP contribution in [0.15, 0.2) is 24.3 Å². The van der Waals surface area contributed by atoms with Crippen molar-refractivity contribution in [1.82, 2.24) is 41.7 Å². The molecule has 2 aliphatic heterocycles. The van der Waals surface area contributed by atoms with Gasteiger partial charge in [0.2, 0.25) is 0 Å². The zero-order valence-electron chi connectivity index (χ0n) is 20.5. The zero-order valence-corrected chi connectivity index (χ0v) is 22.5. The third-order valence-electron chi connectivity index (χ3n) is 4.72. The van der Waals surface area contributed by atoms with Crippen LogP contribution >= 0.6 is 0 Å². The zero-order chi connectivity index (χ0) is 28.4. The number of nitrogens with zero attached hydrogens (tertiary/aromatic N) is 2. The van der Waals surface area contributed by atoms with E-state index in [4.69, 9.17) is 10.2 Å². The minimum Gasteiger partial charge on any atom is -0.872 e. The summed E-state index contributed by atoms with van der Waals surface area (Å²) in [6.07, 6.45) is -2.86. The van der Waals surface area contributed by atoms with Gasteiger partial charge in [0.05, 0.1) is 19.3 Å². The van der Waals surface area contributed by atoms with Gasteiger partial charge in [-0.05, 0) is 12.1 Å². The maximum absolute atomic E-state index is 11.7. The summed E-state index contributed by atoms with van der Waals surface area (Å²) < 4.78 is 4.44. The number of amides is 10. The van der Waals surface area contributed by atoms with Crippen molar-refractivity contribution in [2.24, 2.45) is 0 Å². The Morgan fingerprint density at radius 3 is 1.64 bits per heavy atom. The molecule has 2 heterocycles. The van der Waals surface area contributed by atoms with Crippen LogP contribution in [0, 0.1) is 0 Å². The average molecular weight is 562 g/mol. The summed E-state index contributed by atoms with van der Waals surface area (Å²) in [5.74, 6) is -2.24. The Balaban J connectivity index is 0.000000532. The molecular weight excluding hydrogens is 539 g/mol. The molecule has 206 valence electrons. The van der Waals surface area contributed by atoms with Crippen LogP contribution in [0.4, 0.5) is 19.2 Å². The standard InChI is InChI=1S/C11H16N8O8.C8H8O3.Na/c20-2-18-4(6(22)16-10(18)26)14-8(24)12-1-13-9(25)15-5-7(23)17-11(27)19(5)3-21;1-11-8(10)6-2-4-7(9)5-3-6;/h4-5,20-21H,1-3H2,(H2,12,14,24)(H2,13,15,25)(H,16,22,26)(H,17,23,27);2-5,9H,1H3;/q;;+1/p-1. The number of imide groups is 2. The molecule has 0 aromatic heterocycles. The van der Waals surface area contributed by atoms with Gasteiger partial charge in [-0.3, -0.25) is 30.0 Å². The number of esters is 1. The van der Waals surface area contributed by atoms with Crippen molar-refractivity contribution in [3.05, 3.63) is 29.8 Å². The topological polar surface area (TPSA) is 271 Å². The first-order chi connectivity index (χ1) is 18.0. The molecule has 19 nitrogen and oxygen atoms in total. The van der Waals surface area contributed by atoms with Gasteiger partial charge < -0.3 is 41.3 Å². The van der Waals surface area contributed by atoms with Crippen molar-refractivity contribution in [3.8, 4) is 5.75 Å². The molecule has 0 aliphatic carbocycles. The Morgan fingerprint density at radius 1 is 0.872 bits per heavy atom. The second kappa shape index (κ2) is 15.3. The van der Waals surface area contributed by atoms with Crippen molar-refractivity contribution in [2.45, 2.75) is 12.3 Å². The fraction of sp³-hybridized carbons (Fsp3) is 0.316. The number of ether oxygens (including phenoxy) is 1. The quantitative estimate of drug-likeness (QED) is 0.0669. The van der Waals surface area contributed by atoms with E-state index in [-0.39, 0.29) is 35.3 Å². The molecule has 2 unspecified atom stereocenters. The largest absolute Gasteiger partial charge is 1.00 e. The predicted molar refractivity (Wildman–Crippen MR) is 118 cm³/mol. The monoisotopic (exact) mass is 562 g/mol. The van der Waals surface area contributed by atoms with Gasteiger partial charge in [0.1, 0.15) is 13.5 Å². The number of rotatable bonds is 7. The van der Waals surface area contributed by atoms with E-state index in [1.807, 2.05) is 10.6 Å². The predicted octanol–water partition coefficient (Wildman–Crippen LogP) is -7.25. The summed E-state index contributed by atoms with van der Waals surface area (Å²) in [5.41, 5.74) is 0.395. The van der Waals surface area contributed by atoms with Crippen LogP contribution in [0.5, 0.6) is 5.75 Å². The molecule has 0 bridgehead atoms. The van der Waals surface area contributed by atoms with Gasteiger partial charge in [0, 0.05) is 0 Å². The van der Waals surface area contributed by atoms with E-state index < -0.39 is 74.4 Å². The summed E-state index contributed by atoms with van der Waals surface area (Å²) in [7, 11) is 1.30. The van der Waals surface area contributed by atoms with E-state index in [9.17, 15) is 38.7 Å². The van der Waals surface area contributed by atoms with Crippen LogP contribution in [-0.2, 0) is 14.3 Å². The third-order valence-corrected chi connectivity index (χ3v) is 4.72. The Bertz CT molecular complexity index is 1050. The number of aliphatic hydroxyl groups excluding tert-OH is 2. The van der Waals surface area contributed by atoms with Gasteiger partial charge in [-0.1, -0.05) is 12.1 Å². The maximum atomic E-state index is 11.7. The summed E-state index contributed by atoms with van der Waals surface area (Å²) in [6.45, 7) is -2.08. The first-order valence-electron chi connectivity index (χ1n) is 10.4. The molecule has 10 amide bonds. The molecule has 0 spiro atoms. The van der Waals surface area contributed by atoms with E-state index in [1.165, 1.54) is 31.4 Å². The molecule has 2 aliphatic rings. The second-order valence-electron chi connectivity index (χ2n) is 7.11. The third kappa shape index (κ3) is 8.97. The minimum atomic E-state index is -1.43. The Kier molecular flexibility index (Phi) is 12.9. The molecule has 2 saturated heterocycles. The number of benzene rings is 1. The number of hydrogen-bond acceptors (Lipinski definition) is 11. The van der Waals surface area contributed by atoms with Gasteiger partial charge in [-0.2, -0.15) is 0 Å². The molecule has 2 fully saturated rings. The molecule has 1 aromatic rings. The Hall–Kier alpha value is -4.17. The molecular formula is C19H23N8NaO11. The molecule has 3 rings (SSSR count). The normalized spacial score (nSPS) is 17.6. The van der Waals surface area contributed by atoms with Gasteiger partial charge in [0.25, 0.3) is 11.8 Å². The van der Waals surface area contributed by atoms with Gasteiger partial charge in [-0.15, -0.1) is 5.75 Å². The SMILES string of the molecule is COC(=O)c1ccc([O-])cc1.O=C(NCNC(=O)NC1C(=O)NC(=O)N1CO)NC1C(=O)NC(=O)N1CO.[Na+]. The van der Waals surface area contributed by atoms with Crippen molar-refractivity contribution in [2.75, 3.05) is 27.2 Å². The fourth-order valence-corrected chi connectivity index (χ4v) is 2.85. The number of carbonyl (C=O) groups is 7. The van der Waals surface area contributed by atoms with Crippen molar-refractivity contribution < 1.29 is 83.2 Å². The number of nitrogens with one attached hydrogen (secondary N) is 6. The molecule has 0 radical (unpaired) electrons. The summed E-state index contributed by atoms with van der Waals surface area (Å²) in [5, 5.41) is 40.8. The van der Waals surface area contributed by atoms with Crippen molar-refractivity contribution in [1.29, 1.82) is 0 Å². The number of carbonyl (C=O) groups excluding carboxylic acids is 7. The van der Waals surface area contributed by atoms with Gasteiger partial charge in [-0.25, -0.2) is 24.0 Å². The minimum absolute atomic E-state index is 0. The van der Waals surface area contributed by atoms with Crippen LogP contribution in [0.3, 0.4) is 0 Å². The number of aliphatic hydroxyl groups is 2. The smallest absolute Gasteiger partial charge is 0.872 e. The van der Waals surface area contributed by atoms with Crippen LogP contribution in [0.25, 0.3) is 0 Å². The second-order valence-corrected chi connectivity index (χ2v) is 7.11. The van der Waals surface area contributed by atoms with E-state index in [0.29, 0.717) is 15.4 Å².